The van der Waals surface area contributed by atoms with Crippen molar-refractivity contribution in [3.05, 3.63) is 83.1 Å². The van der Waals surface area contributed by atoms with Crippen molar-refractivity contribution in [3.63, 3.8) is 0 Å². The van der Waals surface area contributed by atoms with E-state index in [1.54, 1.807) is 12.1 Å². The molecule has 1 aliphatic carbocycles. The third-order valence-electron chi connectivity index (χ3n) is 5.11. The number of allylic oxidation sites excluding steroid dienone is 3. The molecule has 0 saturated heterocycles. The summed E-state index contributed by atoms with van der Waals surface area (Å²) in [6.07, 6.45) is 9.56. The van der Waals surface area contributed by atoms with E-state index in [4.69, 9.17) is 0 Å². The molecule has 2 aromatic rings. The zero-order valence-electron chi connectivity index (χ0n) is 14.0. The van der Waals surface area contributed by atoms with Crippen LogP contribution in [0.25, 0.3) is 0 Å². The van der Waals surface area contributed by atoms with Gasteiger partial charge in [0.25, 0.3) is 0 Å². The smallest absolute Gasteiger partial charge is 0.123 e. The Morgan fingerprint density at radius 3 is 2.58 bits per heavy atom. The lowest BCUT2D eigenvalue weighted by Gasteiger charge is -2.29. The lowest BCUT2D eigenvalue weighted by Crippen LogP contribution is -2.25. The van der Waals surface area contributed by atoms with Crippen molar-refractivity contribution >= 4 is 5.69 Å². The minimum absolute atomic E-state index is 0.160. The SMILES string of the molecule is CC1=CC([C@H]2C[C@@H]2c2ccc(F)cc2)=CCN1c1ccncc1C. The molecular formula is C21H21FN2. The Morgan fingerprint density at radius 1 is 1.08 bits per heavy atom. The molecule has 1 aromatic heterocycles. The molecule has 1 aromatic carbocycles. The second-order valence-corrected chi connectivity index (χ2v) is 6.76. The molecule has 0 amide bonds. The topological polar surface area (TPSA) is 16.1 Å². The summed E-state index contributed by atoms with van der Waals surface area (Å²) < 4.78 is 13.1. The van der Waals surface area contributed by atoms with Gasteiger partial charge in [-0.3, -0.25) is 4.98 Å². The molecule has 122 valence electrons. The maximum absolute atomic E-state index is 13.1. The Morgan fingerprint density at radius 2 is 1.88 bits per heavy atom. The standard InChI is InChI=1S/C21H21FN2/c1-14-13-23-9-7-21(14)24-10-8-17(11-15(24)2)20-12-19(20)16-3-5-18(22)6-4-16/h3-9,11,13,19-20H,10,12H2,1-2H3/t19-,20-/m1/s1. The molecule has 0 radical (unpaired) electrons. The highest BCUT2D eigenvalue weighted by molar-refractivity contribution is 5.59. The van der Waals surface area contributed by atoms with E-state index in [1.807, 2.05) is 24.5 Å². The molecule has 2 nitrogen and oxygen atoms in total. The monoisotopic (exact) mass is 320 g/mol. The van der Waals surface area contributed by atoms with E-state index >= 15 is 0 Å². The lowest BCUT2D eigenvalue weighted by molar-refractivity contribution is 0.627. The first-order chi connectivity index (χ1) is 11.6. The Labute approximate surface area is 142 Å². The largest absolute Gasteiger partial charge is 0.341 e. The van der Waals surface area contributed by atoms with Gasteiger partial charge in [0.2, 0.25) is 0 Å². The molecule has 1 fully saturated rings. The van der Waals surface area contributed by atoms with Gasteiger partial charge in [-0.1, -0.05) is 18.2 Å². The van der Waals surface area contributed by atoms with Crippen molar-refractivity contribution in [2.45, 2.75) is 26.2 Å². The normalized spacial score (nSPS) is 22.9. The highest BCUT2D eigenvalue weighted by Gasteiger charge is 2.40. The van der Waals surface area contributed by atoms with Crippen LogP contribution >= 0.6 is 0 Å². The molecule has 2 heterocycles. The van der Waals surface area contributed by atoms with Crippen molar-refractivity contribution in [3.8, 4) is 0 Å². The van der Waals surface area contributed by atoms with Gasteiger partial charge in [0.1, 0.15) is 5.82 Å². The fourth-order valence-corrected chi connectivity index (χ4v) is 3.68. The van der Waals surface area contributed by atoms with Crippen LogP contribution in [0.5, 0.6) is 0 Å². The van der Waals surface area contributed by atoms with E-state index in [2.05, 4.69) is 41.9 Å². The number of halogens is 1. The van der Waals surface area contributed by atoms with Crippen LogP contribution in [0.4, 0.5) is 10.1 Å². The Hall–Kier alpha value is -2.42. The first-order valence-electron chi connectivity index (χ1n) is 8.45. The van der Waals surface area contributed by atoms with Gasteiger partial charge in [-0.2, -0.15) is 0 Å². The molecule has 0 bridgehead atoms. The summed E-state index contributed by atoms with van der Waals surface area (Å²) in [6, 6.07) is 9.05. The molecule has 0 N–H and O–H groups in total. The number of pyridine rings is 1. The van der Waals surface area contributed by atoms with Crippen LogP contribution in [0.1, 0.15) is 30.4 Å². The van der Waals surface area contributed by atoms with Crippen LogP contribution in [0.3, 0.4) is 0 Å². The number of hydrogen-bond acceptors (Lipinski definition) is 2. The minimum atomic E-state index is -0.160. The summed E-state index contributed by atoms with van der Waals surface area (Å²) in [7, 11) is 0. The van der Waals surface area contributed by atoms with Crippen LogP contribution in [0.15, 0.2) is 66.1 Å². The first-order valence-corrected chi connectivity index (χ1v) is 8.45. The van der Waals surface area contributed by atoms with Crippen molar-refractivity contribution in [2.75, 3.05) is 11.4 Å². The van der Waals surface area contributed by atoms with Crippen molar-refractivity contribution in [1.29, 1.82) is 0 Å². The zero-order chi connectivity index (χ0) is 16.7. The van der Waals surface area contributed by atoms with Crippen molar-refractivity contribution in [2.24, 2.45) is 5.92 Å². The van der Waals surface area contributed by atoms with E-state index in [9.17, 15) is 4.39 Å². The number of benzene rings is 1. The molecule has 2 aliphatic rings. The summed E-state index contributed by atoms with van der Waals surface area (Å²) in [6.45, 7) is 5.16. The van der Waals surface area contributed by atoms with Crippen LogP contribution in [0, 0.1) is 18.7 Å². The van der Waals surface area contributed by atoms with Crippen molar-refractivity contribution < 1.29 is 4.39 Å². The molecule has 1 saturated carbocycles. The van der Waals surface area contributed by atoms with Crippen LogP contribution in [-0.2, 0) is 0 Å². The predicted octanol–water partition coefficient (Wildman–Crippen LogP) is 4.98. The van der Waals surface area contributed by atoms with E-state index in [0.717, 1.165) is 13.0 Å². The maximum Gasteiger partial charge on any atom is 0.123 e. The van der Waals surface area contributed by atoms with E-state index in [-0.39, 0.29) is 5.82 Å². The number of anilines is 1. The highest BCUT2D eigenvalue weighted by Crippen LogP contribution is 2.52. The molecule has 4 rings (SSSR count). The zero-order valence-corrected chi connectivity index (χ0v) is 14.0. The maximum atomic E-state index is 13.1. The lowest BCUT2D eigenvalue weighted by atomic mass is 10.0. The van der Waals surface area contributed by atoms with Gasteiger partial charge in [-0.25, -0.2) is 4.39 Å². The number of hydrogen-bond donors (Lipinski definition) is 0. The molecule has 24 heavy (non-hydrogen) atoms. The Balaban J connectivity index is 1.50. The molecular weight excluding hydrogens is 299 g/mol. The summed E-state index contributed by atoms with van der Waals surface area (Å²) in [5.41, 5.74) is 6.36. The number of nitrogens with zero attached hydrogens (tertiary/aromatic N) is 2. The highest BCUT2D eigenvalue weighted by atomic mass is 19.1. The summed E-state index contributed by atoms with van der Waals surface area (Å²) >= 11 is 0. The van der Waals surface area contributed by atoms with Gasteiger partial charge in [0.15, 0.2) is 0 Å². The van der Waals surface area contributed by atoms with Crippen LogP contribution in [-0.4, -0.2) is 11.5 Å². The molecule has 3 heteroatoms. The summed E-state index contributed by atoms with van der Waals surface area (Å²) in [5.74, 6) is 0.952. The van der Waals surface area contributed by atoms with Gasteiger partial charge in [-0.05, 0) is 73.1 Å². The van der Waals surface area contributed by atoms with E-state index < -0.39 is 0 Å². The molecule has 1 aliphatic heterocycles. The number of rotatable bonds is 3. The molecule has 2 atom stereocenters. The van der Waals surface area contributed by atoms with Crippen LogP contribution in [0.2, 0.25) is 0 Å². The van der Waals surface area contributed by atoms with Crippen molar-refractivity contribution in [1.82, 2.24) is 4.98 Å². The van der Waals surface area contributed by atoms with Gasteiger partial charge >= 0.3 is 0 Å². The number of aryl methyl sites for hydroxylation is 1. The molecule has 0 unspecified atom stereocenters. The quantitative estimate of drug-likeness (QED) is 0.792. The van der Waals surface area contributed by atoms with Crippen LogP contribution < -0.4 is 4.90 Å². The van der Waals surface area contributed by atoms with Gasteiger partial charge < -0.3 is 4.90 Å². The second kappa shape index (κ2) is 5.90. The van der Waals surface area contributed by atoms with E-state index in [0.29, 0.717) is 11.8 Å². The second-order valence-electron chi connectivity index (χ2n) is 6.76. The Bertz CT molecular complexity index is 820. The number of aromatic nitrogens is 1. The fourth-order valence-electron chi connectivity index (χ4n) is 3.68. The average molecular weight is 320 g/mol. The summed E-state index contributed by atoms with van der Waals surface area (Å²) in [5, 5.41) is 0. The van der Waals surface area contributed by atoms with E-state index in [1.165, 1.54) is 28.1 Å². The van der Waals surface area contributed by atoms with Gasteiger partial charge in [0, 0.05) is 30.3 Å². The average Bonchev–Trinajstić information content (AvgIpc) is 3.37. The minimum Gasteiger partial charge on any atom is -0.341 e. The fraction of sp³-hybridized carbons (Fsp3) is 0.286. The van der Waals surface area contributed by atoms with Gasteiger partial charge in [-0.15, -0.1) is 0 Å². The molecule has 0 spiro atoms. The third kappa shape index (κ3) is 2.75. The predicted molar refractivity (Wildman–Crippen MR) is 95.4 cm³/mol. The first kappa shape index (κ1) is 15.1. The van der Waals surface area contributed by atoms with Gasteiger partial charge in [0.05, 0.1) is 0 Å². The summed E-state index contributed by atoms with van der Waals surface area (Å²) in [4.78, 5) is 6.51. The third-order valence-corrected chi connectivity index (χ3v) is 5.11. The Kier molecular flexibility index (Phi) is 3.72.